The van der Waals surface area contributed by atoms with E-state index >= 15 is 0 Å². The monoisotopic (exact) mass is 476 g/mol. The van der Waals surface area contributed by atoms with Crippen LogP contribution in [0.4, 0.5) is 5.13 Å². The molecule has 6 nitrogen and oxygen atoms in total. The second-order valence-corrected chi connectivity index (χ2v) is 9.33. The minimum Gasteiger partial charge on any atom is -0.343 e. The molecule has 3 aromatic rings. The molecule has 2 N–H and O–H groups in total. The minimum absolute atomic E-state index is 0.137. The molecule has 0 bridgehead atoms. The molecule has 0 aliphatic carbocycles. The molecular formula is C22H22Cl2N4O2S. The van der Waals surface area contributed by atoms with E-state index in [9.17, 15) is 9.59 Å². The first-order chi connectivity index (χ1) is 14.8. The Kier molecular flexibility index (Phi) is 7.64. The Morgan fingerprint density at radius 1 is 1.10 bits per heavy atom. The second-order valence-electron chi connectivity index (χ2n) is 7.65. The Balaban J connectivity index is 1.77. The molecule has 0 aliphatic heterocycles. The smallest absolute Gasteiger partial charge is 0.249 e. The first-order valence-corrected chi connectivity index (χ1v) is 11.3. The maximum Gasteiger partial charge on any atom is 0.249 e. The van der Waals surface area contributed by atoms with Gasteiger partial charge in [-0.25, -0.2) is 0 Å². The van der Waals surface area contributed by atoms with Gasteiger partial charge in [-0.1, -0.05) is 65.4 Å². The number of amides is 2. The van der Waals surface area contributed by atoms with Crippen LogP contribution in [0.1, 0.15) is 19.4 Å². The van der Waals surface area contributed by atoms with E-state index in [0.717, 1.165) is 11.1 Å². The van der Waals surface area contributed by atoms with Crippen LogP contribution < -0.4 is 10.6 Å². The quantitative estimate of drug-likeness (QED) is 0.457. The molecule has 0 saturated carbocycles. The summed E-state index contributed by atoms with van der Waals surface area (Å²) >= 11 is 13.2. The lowest BCUT2D eigenvalue weighted by atomic mass is 9.94. The van der Waals surface area contributed by atoms with Crippen LogP contribution in [0, 0.1) is 5.41 Å². The molecule has 0 fully saturated rings. The lowest BCUT2D eigenvalue weighted by Crippen LogP contribution is -2.50. The van der Waals surface area contributed by atoms with Crippen LogP contribution in [0.2, 0.25) is 5.02 Å². The van der Waals surface area contributed by atoms with E-state index in [-0.39, 0.29) is 17.7 Å². The highest BCUT2D eigenvalue weighted by Crippen LogP contribution is 2.28. The number of carbonyl (C=O) groups excluding carboxylic acids is 2. The normalized spacial score (nSPS) is 12.3. The van der Waals surface area contributed by atoms with E-state index in [4.69, 9.17) is 23.2 Å². The molecule has 0 aliphatic rings. The first-order valence-electron chi connectivity index (χ1n) is 9.59. The number of benzene rings is 2. The van der Waals surface area contributed by atoms with Crippen molar-refractivity contribution in [2.24, 2.45) is 5.41 Å². The first kappa shape index (κ1) is 23.2. The topological polar surface area (TPSA) is 84.0 Å². The predicted octanol–water partition coefficient (Wildman–Crippen LogP) is 4.79. The lowest BCUT2D eigenvalue weighted by Gasteiger charge is -2.25. The number of hydrogen-bond donors (Lipinski definition) is 2. The second kappa shape index (κ2) is 10.2. The molecule has 162 valence electrons. The van der Waals surface area contributed by atoms with Crippen LogP contribution in [0.25, 0.3) is 10.6 Å². The minimum atomic E-state index is -0.806. The van der Waals surface area contributed by atoms with Gasteiger partial charge in [-0.3, -0.25) is 14.9 Å². The number of rotatable bonds is 8. The standard InChI is InChI=1S/C22H22Cl2N4O2S/c1-22(2,13-23)20(30)25-17(11-14-7-4-3-5-8-14)18(29)26-21-28-27-19(31-21)15-9-6-10-16(24)12-15/h3-10,12,17H,11,13H2,1-2H3,(H,25,30)(H,26,28,29). The number of nitrogens with one attached hydrogen (secondary N) is 2. The van der Waals surface area contributed by atoms with Crippen LogP contribution in [-0.4, -0.2) is 33.9 Å². The molecule has 1 atom stereocenters. The van der Waals surface area contributed by atoms with Crippen molar-refractivity contribution in [1.82, 2.24) is 15.5 Å². The van der Waals surface area contributed by atoms with Crippen molar-refractivity contribution in [2.75, 3.05) is 11.2 Å². The highest BCUT2D eigenvalue weighted by molar-refractivity contribution is 7.18. The molecule has 1 heterocycles. The summed E-state index contributed by atoms with van der Waals surface area (Å²) in [6.07, 6.45) is 0.330. The van der Waals surface area contributed by atoms with Gasteiger partial charge >= 0.3 is 0 Å². The fraction of sp³-hybridized carbons (Fsp3) is 0.273. The van der Waals surface area contributed by atoms with Gasteiger partial charge in [-0.05, 0) is 31.5 Å². The molecule has 0 radical (unpaired) electrons. The average molecular weight is 477 g/mol. The predicted molar refractivity (Wildman–Crippen MR) is 126 cm³/mol. The molecule has 31 heavy (non-hydrogen) atoms. The molecule has 0 saturated heterocycles. The maximum atomic E-state index is 13.0. The van der Waals surface area contributed by atoms with Crippen LogP contribution in [0.5, 0.6) is 0 Å². The van der Waals surface area contributed by atoms with Crippen molar-refractivity contribution in [3.8, 4) is 10.6 Å². The number of nitrogens with zero attached hydrogens (tertiary/aromatic N) is 2. The number of carbonyl (C=O) groups is 2. The zero-order valence-electron chi connectivity index (χ0n) is 17.1. The van der Waals surface area contributed by atoms with Crippen molar-refractivity contribution in [3.63, 3.8) is 0 Å². The van der Waals surface area contributed by atoms with E-state index in [1.54, 1.807) is 26.0 Å². The van der Waals surface area contributed by atoms with Gasteiger partial charge in [0.15, 0.2) is 0 Å². The van der Waals surface area contributed by atoms with Gasteiger partial charge in [0.2, 0.25) is 16.9 Å². The summed E-state index contributed by atoms with van der Waals surface area (Å²) in [5.74, 6) is -0.537. The number of hydrogen-bond acceptors (Lipinski definition) is 5. The fourth-order valence-corrected chi connectivity index (χ4v) is 3.73. The fourth-order valence-electron chi connectivity index (χ4n) is 2.68. The molecule has 1 unspecified atom stereocenters. The third kappa shape index (κ3) is 6.26. The molecule has 3 rings (SSSR count). The summed E-state index contributed by atoms with van der Waals surface area (Å²) in [6.45, 7) is 3.46. The molecule has 2 amide bonds. The van der Waals surface area contributed by atoms with Crippen LogP contribution in [0.3, 0.4) is 0 Å². The van der Waals surface area contributed by atoms with Crippen molar-refractivity contribution in [1.29, 1.82) is 0 Å². The van der Waals surface area contributed by atoms with Crippen LogP contribution in [-0.2, 0) is 16.0 Å². The van der Waals surface area contributed by atoms with Crippen LogP contribution in [0.15, 0.2) is 54.6 Å². The van der Waals surface area contributed by atoms with Crippen LogP contribution >= 0.6 is 34.5 Å². The van der Waals surface area contributed by atoms with Gasteiger partial charge < -0.3 is 5.32 Å². The summed E-state index contributed by atoms with van der Waals surface area (Å²) < 4.78 is 0. The Bertz CT molecular complexity index is 1060. The molecule has 2 aromatic carbocycles. The summed E-state index contributed by atoms with van der Waals surface area (Å²) in [5, 5.41) is 15.3. The van der Waals surface area contributed by atoms with Gasteiger partial charge in [-0.15, -0.1) is 21.8 Å². The highest BCUT2D eigenvalue weighted by atomic mass is 35.5. The maximum absolute atomic E-state index is 13.0. The van der Waals surface area contributed by atoms with Gasteiger partial charge in [0, 0.05) is 22.9 Å². The van der Waals surface area contributed by atoms with E-state index in [1.165, 1.54) is 11.3 Å². The van der Waals surface area contributed by atoms with Crippen molar-refractivity contribution in [2.45, 2.75) is 26.3 Å². The third-order valence-corrected chi connectivity index (χ3v) is 6.37. The van der Waals surface area contributed by atoms with Gasteiger partial charge in [0.05, 0.1) is 5.41 Å². The Hall–Kier alpha value is -2.48. The van der Waals surface area contributed by atoms with Gasteiger partial charge in [-0.2, -0.15) is 0 Å². The highest BCUT2D eigenvalue weighted by Gasteiger charge is 2.31. The molecule has 9 heteroatoms. The Labute approximate surface area is 195 Å². The van der Waals surface area contributed by atoms with Crippen molar-refractivity contribution in [3.05, 3.63) is 65.2 Å². The summed E-state index contributed by atoms with van der Waals surface area (Å²) in [4.78, 5) is 25.7. The summed E-state index contributed by atoms with van der Waals surface area (Å²) in [5.41, 5.74) is 0.922. The number of alkyl halides is 1. The molecule has 0 spiro atoms. The summed E-state index contributed by atoms with van der Waals surface area (Å²) in [6, 6.07) is 15.9. The zero-order chi connectivity index (χ0) is 22.4. The number of halogens is 2. The van der Waals surface area contributed by atoms with E-state index < -0.39 is 11.5 Å². The zero-order valence-corrected chi connectivity index (χ0v) is 19.4. The van der Waals surface area contributed by atoms with E-state index in [1.807, 2.05) is 42.5 Å². The van der Waals surface area contributed by atoms with Crippen molar-refractivity contribution < 1.29 is 9.59 Å². The third-order valence-electron chi connectivity index (χ3n) is 4.58. The average Bonchev–Trinajstić information content (AvgIpc) is 3.22. The number of aromatic nitrogens is 2. The van der Waals surface area contributed by atoms with E-state index in [0.29, 0.717) is 21.6 Å². The Morgan fingerprint density at radius 3 is 2.52 bits per heavy atom. The Morgan fingerprint density at radius 2 is 1.84 bits per heavy atom. The number of anilines is 1. The van der Waals surface area contributed by atoms with Gasteiger partial charge in [0.1, 0.15) is 11.0 Å². The van der Waals surface area contributed by atoms with Gasteiger partial charge in [0.25, 0.3) is 0 Å². The largest absolute Gasteiger partial charge is 0.343 e. The lowest BCUT2D eigenvalue weighted by molar-refractivity contribution is -0.131. The summed E-state index contributed by atoms with van der Waals surface area (Å²) in [7, 11) is 0. The molecular weight excluding hydrogens is 455 g/mol. The molecule has 1 aromatic heterocycles. The van der Waals surface area contributed by atoms with Crippen molar-refractivity contribution >= 4 is 51.5 Å². The van der Waals surface area contributed by atoms with E-state index in [2.05, 4.69) is 20.8 Å². The SMILES string of the molecule is CC(C)(CCl)C(=O)NC(Cc1ccccc1)C(=O)Nc1nnc(-c2cccc(Cl)c2)s1.